The van der Waals surface area contributed by atoms with E-state index in [1.807, 2.05) is 12.1 Å². The first-order valence-corrected chi connectivity index (χ1v) is 18.8. The molecule has 9 aromatic carbocycles. The first-order chi connectivity index (χ1) is 27.3. The standard InChI is InChI=1S/C52H34N2O/c1-2-12-38-33-42(31-23-35(38)11-1)53(40-27-21-36(22-28-40)39-26-32-47-46-16-6-10-20-51(46)55-52(47)34-39)41-29-24-37(25-30-41)43-13-3-7-17-48(43)54-49-18-8-4-14-44(49)45-15-5-9-19-50(45)54/h1-34H. The lowest BCUT2D eigenvalue weighted by atomic mass is 10.0. The molecule has 55 heavy (non-hydrogen) atoms. The molecule has 0 fully saturated rings. The highest BCUT2D eigenvalue weighted by Crippen LogP contribution is 2.41. The lowest BCUT2D eigenvalue weighted by Crippen LogP contribution is -2.10. The molecule has 11 aromatic rings. The Balaban J connectivity index is 1.00. The van der Waals surface area contributed by atoms with E-state index in [0.717, 1.165) is 61.4 Å². The van der Waals surface area contributed by atoms with Crippen LogP contribution in [0.5, 0.6) is 0 Å². The molecule has 3 heteroatoms. The summed E-state index contributed by atoms with van der Waals surface area (Å²) in [7, 11) is 0. The molecule has 0 saturated heterocycles. The summed E-state index contributed by atoms with van der Waals surface area (Å²) < 4.78 is 8.63. The molecule has 2 heterocycles. The summed E-state index contributed by atoms with van der Waals surface area (Å²) in [6.07, 6.45) is 0. The van der Waals surface area contributed by atoms with Crippen LogP contribution in [0, 0.1) is 0 Å². The minimum atomic E-state index is 0.903. The van der Waals surface area contributed by atoms with E-state index in [1.54, 1.807) is 0 Å². The Bertz CT molecular complexity index is 3150. The Morgan fingerprint density at radius 1 is 0.345 bits per heavy atom. The zero-order valence-corrected chi connectivity index (χ0v) is 29.9. The van der Waals surface area contributed by atoms with Gasteiger partial charge in [-0.1, -0.05) is 133 Å². The third-order valence-electron chi connectivity index (χ3n) is 11.0. The van der Waals surface area contributed by atoms with Gasteiger partial charge in [0.05, 0.1) is 16.7 Å². The maximum Gasteiger partial charge on any atom is 0.136 e. The number of hydrogen-bond acceptors (Lipinski definition) is 2. The van der Waals surface area contributed by atoms with Crippen LogP contribution in [0.25, 0.3) is 82.5 Å². The number of para-hydroxylation sites is 4. The molecule has 258 valence electrons. The Kier molecular flexibility index (Phi) is 7.17. The molecule has 0 aliphatic heterocycles. The maximum absolute atomic E-state index is 6.23. The SMILES string of the molecule is c1ccc(-n2c3ccccc3c3ccccc32)c(-c2ccc(N(c3ccc(-c4ccc5c(c4)oc4ccccc45)cc3)c3ccc4ccccc4c3)cc2)c1. The van der Waals surface area contributed by atoms with Crippen LogP contribution in [0.15, 0.2) is 211 Å². The monoisotopic (exact) mass is 702 g/mol. The molecule has 0 radical (unpaired) electrons. The van der Waals surface area contributed by atoms with E-state index in [1.165, 1.54) is 38.1 Å². The number of benzene rings is 9. The Hall–Kier alpha value is -7.36. The molecule has 0 unspecified atom stereocenters. The maximum atomic E-state index is 6.23. The van der Waals surface area contributed by atoms with Crippen molar-refractivity contribution < 1.29 is 4.42 Å². The van der Waals surface area contributed by atoms with Crippen molar-refractivity contribution in [3.05, 3.63) is 206 Å². The van der Waals surface area contributed by atoms with Gasteiger partial charge < -0.3 is 13.9 Å². The quantitative estimate of drug-likeness (QED) is 0.172. The van der Waals surface area contributed by atoms with Gasteiger partial charge in [0.1, 0.15) is 11.2 Å². The van der Waals surface area contributed by atoms with Gasteiger partial charge in [-0.15, -0.1) is 0 Å². The number of anilines is 3. The van der Waals surface area contributed by atoms with Crippen LogP contribution in [0.3, 0.4) is 0 Å². The summed E-state index contributed by atoms with van der Waals surface area (Å²) >= 11 is 0. The molecule has 0 bridgehead atoms. The largest absolute Gasteiger partial charge is 0.456 e. The highest BCUT2D eigenvalue weighted by molar-refractivity contribution is 6.10. The minimum absolute atomic E-state index is 0.903. The third-order valence-corrected chi connectivity index (χ3v) is 11.0. The molecule has 0 aliphatic rings. The van der Waals surface area contributed by atoms with Gasteiger partial charge in [0.25, 0.3) is 0 Å². The van der Waals surface area contributed by atoms with Crippen molar-refractivity contribution in [2.24, 2.45) is 0 Å². The molecule has 0 N–H and O–H groups in total. The normalized spacial score (nSPS) is 11.6. The first-order valence-electron chi connectivity index (χ1n) is 18.8. The summed E-state index contributed by atoms with van der Waals surface area (Å²) in [5.74, 6) is 0. The van der Waals surface area contributed by atoms with Crippen LogP contribution in [0.1, 0.15) is 0 Å². The van der Waals surface area contributed by atoms with Crippen LogP contribution >= 0.6 is 0 Å². The number of rotatable bonds is 6. The lowest BCUT2D eigenvalue weighted by molar-refractivity contribution is 0.669. The Labute approximate surface area is 318 Å². The molecule has 11 rings (SSSR count). The van der Waals surface area contributed by atoms with Crippen LogP contribution < -0.4 is 4.90 Å². The minimum Gasteiger partial charge on any atom is -0.456 e. The predicted octanol–water partition coefficient (Wildman–Crippen LogP) is 14.6. The lowest BCUT2D eigenvalue weighted by Gasteiger charge is -2.26. The second kappa shape index (κ2) is 12.6. The fourth-order valence-electron chi connectivity index (χ4n) is 8.36. The van der Waals surface area contributed by atoms with Crippen LogP contribution in [0.4, 0.5) is 17.1 Å². The van der Waals surface area contributed by atoms with Gasteiger partial charge in [-0.2, -0.15) is 0 Å². The van der Waals surface area contributed by atoms with Crippen molar-refractivity contribution in [2.45, 2.75) is 0 Å². The van der Waals surface area contributed by atoms with Gasteiger partial charge in [-0.3, -0.25) is 0 Å². The van der Waals surface area contributed by atoms with Gasteiger partial charge in [0, 0.05) is 44.2 Å². The van der Waals surface area contributed by atoms with Gasteiger partial charge in [-0.05, 0) is 100 Å². The van der Waals surface area contributed by atoms with E-state index in [-0.39, 0.29) is 0 Å². The average Bonchev–Trinajstić information content (AvgIpc) is 3.80. The molecular weight excluding hydrogens is 669 g/mol. The number of nitrogens with zero attached hydrogens (tertiary/aromatic N) is 2. The fraction of sp³-hybridized carbons (Fsp3) is 0. The molecule has 2 aromatic heterocycles. The number of furan rings is 1. The van der Waals surface area contributed by atoms with Crippen molar-refractivity contribution >= 4 is 71.6 Å². The van der Waals surface area contributed by atoms with Crippen molar-refractivity contribution in [3.63, 3.8) is 0 Å². The predicted molar refractivity (Wildman–Crippen MR) is 231 cm³/mol. The fourth-order valence-corrected chi connectivity index (χ4v) is 8.36. The summed E-state index contributed by atoms with van der Waals surface area (Å²) in [4.78, 5) is 2.35. The van der Waals surface area contributed by atoms with E-state index in [2.05, 4.69) is 204 Å². The van der Waals surface area contributed by atoms with Crippen molar-refractivity contribution in [1.29, 1.82) is 0 Å². The molecule has 3 nitrogen and oxygen atoms in total. The third kappa shape index (κ3) is 5.20. The van der Waals surface area contributed by atoms with E-state index in [4.69, 9.17) is 4.42 Å². The highest BCUT2D eigenvalue weighted by Gasteiger charge is 2.18. The Morgan fingerprint density at radius 2 is 0.891 bits per heavy atom. The molecule has 0 saturated carbocycles. The van der Waals surface area contributed by atoms with Crippen LogP contribution in [-0.2, 0) is 0 Å². The number of fused-ring (bicyclic) bond motifs is 7. The van der Waals surface area contributed by atoms with Crippen molar-refractivity contribution in [1.82, 2.24) is 4.57 Å². The topological polar surface area (TPSA) is 21.3 Å². The second-order valence-corrected chi connectivity index (χ2v) is 14.2. The van der Waals surface area contributed by atoms with Crippen molar-refractivity contribution in [3.8, 4) is 27.9 Å². The van der Waals surface area contributed by atoms with E-state index >= 15 is 0 Å². The van der Waals surface area contributed by atoms with Gasteiger partial charge in [0.15, 0.2) is 0 Å². The summed E-state index contributed by atoms with van der Waals surface area (Å²) in [6, 6.07) is 74.0. The summed E-state index contributed by atoms with van der Waals surface area (Å²) in [6.45, 7) is 0. The van der Waals surface area contributed by atoms with E-state index in [9.17, 15) is 0 Å². The van der Waals surface area contributed by atoms with Gasteiger partial charge in [-0.25, -0.2) is 0 Å². The molecule has 0 spiro atoms. The molecule has 0 amide bonds. The summed E-state index contributed by atoms with van der Waals surface area (Å²) in [5.41, 5.74) is 13.3. The van der Waals surface area contributed by atoms with Gasteiger partial charge in [0.2, 0.25) is 0 Å². The van der Waals surface area contributed by atoms with E-state index < -0.39 is 0 Å². The second-order valence-electron chi connectivity index (χ2n) is 14.2. The summed E-state index contributed by atoms with van der Waals surface area (Å²) in [5, 5.41) is 7.23. The zero-order valence-electron chi connectivity index (χ0n) is 29.9. The number of aromatic nitrogens is 1. The molecular formula is C52H34N2O. The van der Waals surface area contributed by atoms with Crippen LogP contribution in [-0.4, -0.2) is 4.57 Å². The Morgan fingerprint density at radius 3 is 1.64 bits per heavy atom. The number of hydrogen-bond donors (Lipinski definition) is 0. The molecule has 0 aliphatic carbocycles. The van der Waals surface area contributed by atoms with Crippen LogP contribution in [0.2, 0.25) is 0 Å². The van der Waals surface area contributed by atoms with Gasteiger partial charge >= 0.3 is 0 Å². The first kappa shape index (κ1) is 31.2. The van der Waals surface area contributed by atoms with Crippen molar-refractivity contribution in [2.75, 3.05) is 4.90 Å². The molecule has 0 atom stereocenters. The van der Waals surface area contributed by atoms with E-state index in [0.29, 0.717) is 0 Å². The highest BCUT2D eigenvalue weighted by atomic mass is 16.3. The zero-order chi connectivity index (χ0) is 36.3. The smallest absolute Gasteiger partial charge is 0.136 e. The average molecular weight is 703 g/mol.